The number of carbonyl (C=O) groups excluding carboxylic acids is 1. The van der Waals surface area contributed by atoms with Crippen molar-refractivity contribution >= 4 is 23.6 Å². The molecule has 21 heavy (non-hydrogen) atoms. The summed E-state index contributed by atoms with van der Waals surface area (Å²) in [5, 5.41) is 0.746. The van der Waals surface area contributed by atoms with E-state index in [1.165, 1.54) is 11.8 Å². The van der Waals surface area contributed by atoms with Gasteiger partial charge in [0, 0.05) is 18.9 Å². The SMILES string of the molecule is CSc1ncccc1C(=O)N1CCc2cnc(N)nc2C1. The number of anilines is 1. The second-order valence-corrected chi connectivity index (χ2v) is 5.53. The zero-order chi connectivity index (χ0) is 14.8. The smallest absolute Gasteiger partial charge is 0.256 e. The Balaban J connectivity index is 1.87. The van der Waals surface area contributed by atoms with E-state index in [1.807, 2.05) is 12.3 Å². The normalized spacial score (nSPS) is 13.9. The van der Waals surface area contributed by atoms with E-state index in [2.05, 4.69) is 15.0 Å². The number of hydrogen-bond donors (Lipinski definition) is 1. The lowest BCUT2D eigenvalue weighted by Gasteiger charge is -2.28. The first kappa shape index (κ1) is 13.8. The third-order valence-electron chi connectivity index (χ3n) is 3.45. The van der Waals surface area contributed by atoms with E-state index in [4.69, 9.17) is 5.73 Å². The molecular formula is C14H15N5OS. The number of fused-ring (bicyclic) bond motifs is 1. The number of hydrogen-bond acceptors (Lipinski definition) is 6. The largest absolute Gasteiger partial charge is 0.368 e. The molecule has 0 saturated heterocycles. The summed E-state index contributed by atoms with van der Waals surface area (Å²) >= 11 is 1.47. The monoisotopic (exact) mass is 301 g/mol. The fourth-order valence-electron chi connectivity index (χ4n) is 2.38. The molecule has 0 aromatic carbocycles. The number of nitrogens with two attached hydrogens (primary N) is 1. The fraction of sp³-hybridized carbons (Fsp3) is 0.286. The quantitative estimate of drug-likeness (QED) is 0.843. The lowest BCUT2D eigenvalue weighted by Crippen LogP contribution is -2.37. The second kappa shape index (κ2) is 5.69. The van der Waals surface area contributed by atoms with Crippen molar-refractivity contribution in [1.29, 1.82) is 0 Å². The Morgan fingerprint density at radius 1 is 1.43 bits per heavy atom. The highest BCUT2D eigenvalue weighted by molar-refractivity contribution is 7.98. The summed E-state index contributed by atoms with van der Waals surface area (Å²) in [5.74, 6) is 0.226. The molecular weight excluding hydrogens is 286 g/mol. The molecule has 0 fully saturated rings. The van der Waals surface area contributed by atoms with Crippen LogP contribution in [-0.4, -0.2) is 38.6 Å². The molecule has 1 aliphatic heterocycles. The fourth-order valence-corrected chi connectivity index (χ4v) is 2.92. The number of carbonyl (C=O) groups is 1. The lowest BCUT2D eigenvalue weighted by molar-refractivity contribution is 0.0727. The highest BCUT2D eigenvalue weighted by Gasteiger charge is 2.24. The molecule has 1 aliphatic rings. The molecule has 0 aliphatic carbocycles. The molecule has 0 atom stereocenters. The summed E-state index contributed by atoms with van der Waals surface area (Å²) in [6.07, 6.45) is 6.10. The van der Waals surface area contributed by atoms with Crippen molar-refractivity contribution in [2.45, 2.75) is 18.0 Å². The average Bonchev–Trinajstić information content (AvgIpc) is 2.53. The summed E-state index contributed by atoms with van der Waals surface area (Å²) in [6.45, 7) is 1.12. The molecule has 6 nitrogen and oxygen atoms in total. The van der Waals surface area contributed by atoms with Gasteiger partial charge in [0.05, 0.1) is 17.8 Å². The van der Waals surface area contributed by atoms with Crippen LogP contribution in [0.4, 0.5) is 5.95 Å². The van der Waals surface area contributed by atoms with Crippen LogP contribution in [0, 0.1) is 0 Å². The second-order valence-electron chi connectivity index (χ2n) is 4.74. The predicted octanol–water partition coefficient (Wildman–Crippen LogP) is 1.37. The van der Waals surface area contributed by atoms with Gasteiger partial charge in [0.2, 0.25) is 5.95 Å². The van der Waals surface area contributed by atoms with Crippen LogP contribution in [0.3, 0.4) is 0 Å². The topological polar surface area (TPSA) is 85.0 Å². The molecule has 0 spiro atoms. The highest BCUT2D eigenvalue weighted by atomic mass is 32.2. The van der Waals surface area contributed by atoms with Crippen LogP contribution in [-0.2, 0) is 13.0 Å². The van der Waals surface area contributed by atoms with Crippen LogP contribution in [0.1, 0.15) is 21.6 Å². The highest BCUT2D eigenvalue weighted by Crippen LogP contribution is 2.22. The van der Waals surface area contributed by atoms with Crippen molar-refractivity contribution in [2.75, 3.05) is 18.5 Å². The number of aromatic nitrogens is 3. The predicted molar refractivity (Wildman–Crippen MR) is 80.9 cm³/mol. The van der Waals surface area contributed by atoms with Crippen molar-refractivity contribution in [1.82, 2.24) is 19.9 Å². The van der Waals surface area contributed by atoms with Crippen LogP contribution in [0.2, 0.25) is 0 Å². The standard InChI is InChI=1S/C14H15N5OS/c1-21-12-10(3-2-5-16-12)13(20)19-6-4-9-7-17-14(15)18-11(9)8-19/h2-3,5,7H,4,6,8H2,1H3,(H2,15,17,18). The first-order chi connectivity index (χ1) is 10.2. The molecule has 3 heterocycles. The maximum Gasteiger partial charge on any atom is 0.256 e. The first-order valence-corrected chi connectivity index (χ1v) is 7.80. The van der Waals surface area contributed by atoms with Gasteiger partial charge in [-0.3, -0.25) is 4.79 Å². The Labute approximate surface area is 126 Å². The number of nitrogens with zero attached hydrogens (tertiary/aromatic N) is 4. The van der Waals surface area contributed by atoms with Gasteiger partial charge in [0.1, 0.15) is 5.03 Å². The molecule has 0 unspecified atom stereocenters. The van der Waals surface area contributed by atoms with E-state index in [9.17, 15) is 4.79 Å². The number of nitrogen functional groups attached to an aromatic ring is 1. The van der Waals surface area contributed by atoms with Gasteiger partial charge < -0.3 is 10.6 Å². The average molecular weight is 301 g/mol. The van der Waals surface area contributed by atoms with Crippen molar-refractivity contribution in [3.8, 4) is 0 Å². The minimum absolute atomic E-state index is 0.0183. The van der Waals surface area contributed by atoms with Gasteiger partial charge in [-0.25, -0.2) is 15.0 Å². The van der Waals surface area contributed by atoms with Crippen molar-refractivity contribution < 1.29 is 4.79 Å². The third kappa shape index (κ3) is 2.69. The Morgan fingerprint density at radius 3 is 3.10 bits per heavy atom. The summed E-state index contributed by atoms with van der Waals surface area (Å²) in [4.78, 5) is 26.9. The van der Waals surface area contributed by atoms with E-state index in [1.54, 1.807) is 23.4 Å². The maximum atomic E-state index is 12.7. The van der Waals surface area contributed by atoms with E-state index >= 15 is 0 Å². The summed E-state index contributed by atoms with van der Waals surface area (Å²) in [5.41, 5.74) is 8.15. The minimum Gasteiger partial charge on any atom is -0.368 e. The molecule has 3 rings (SSSR count). The minimum atomic E-state index is -0.0183. The molecule has 2 N–H and O–H groups in total. The third-order valence-corrected chi connectivity index (χ3v) is 4.16. The van der Waals surface area contributed by atoms with Gasteiger partial charge in [-0.2, -0.15) is 0 Å². The number of amides is 1. The van der Waals surface area contributed by atoms with Crippen molar-refractivity contribution in [2.24, 2.45) is 0 Å². The van der Waals surface area contributed by atoms with Crippen LogP contribution >= 0.6 is 11.8 Å². The zero-order valence-corrected chi connectivity index (χ0v) is 12.4. The molecule has 1 amide bonds. The molecule has 108 valence electrons. The maximum absolute atomic E-state index is 12.7. The molecule has 0 radical (unpaired) electrons. The van der Waals surface area contributed by atoms with Gasteiger partial charge in [0.25, 0.3) is 5.91 Å². The Hall–Kier alpha value is -2.15. The van der Waals surface area contributed by atoms with E-state index in [0.717, 1.165) is 22.7 Å². The molecule has 7 heteroatoms. The summed E-state index contributed by atoms with van der Waals surface area (Å²) < 4.78 is 0. The number of thioether (sulfide) groups is 1. The van der Waals surface area contributed by atoms with Crippen molar-refractivity contribution in [3.63, 3.8) is 0 Å². The van der Waals surface area contributed by atoms with Gasteiger partial charge in [-0.1, -0.05) is 0 Å². The van der Waals surface area contributed by atoms with Gasteiger partial charge in [0.15, 0.2) is 0 Å². The first-order valence-electron chi connectivity index (χ1n) is 6.57. The van der Waals surface area contributed by atoms with Crippen LogP contribution in [0.25, 0.3) is 0 Å². The summed E-state index contributed by atoms with van der Waals surface area (Å²) in [6, 6.07) is 3.59. The Morgan fingerprint density at radius 2 is 2.29 bits per heavy atom. The van der Waals surface area contributed by atoms with E-state index in [0.29, 0.717) is 18.7 Å². The Kier molecular flexibility index (Phi) is 3.74. The molecule has 2 aromatic rings. The van der Waals surface area contributed by atoms with Gasteiger partial charge in [-0.05, 0) is 30.4 Å². The van der Waals surface area contributed by atoms with Gasteiger partial charge in [-0.15, -0.1) is 11.8 Å². The zero-order valence-electron chi connectivity index (χ0n) is 11.6. The molecule has 0 bridgehead atoms. The van der Waals surface area contributed by atoms with Crippen LogP contribution < -0.4 is 5.73 Å². The molecule has 2 aromatic heterocycles. The molecule has 0 saturated carbocycles. The van der Waals surface area contributed by atoms with Crippen LogP contribution in [0.5, 0.6) is 0 Å². The Bertz CT molecular complexity index is 691. The van der Waals surface area contributed by atoms with Crippen LogP contribution in [0.15, 0.2) is 29.6 Å². The number of pyridine rings is 1. The van der Waals surface area contributed by atoms with E-state index < -0.39 is 0 Å². The summed E-state index contributed by atoms with van der Waals surface area (Å²) in [7, 11) is 0. The van der Waals surface area contributed by atoms with E-state index in [-0.39, 0.29) is 11.9 Å². The lowest BCUT2D eigenvalue weighted by atomic mass is 10.1. The number of rotatable bonds is 2. The van der Waals surface area contributed by atoms with Crippen molar-refractivity contribution in [3.05, 3.63) is 41.3 Å². The van der Waals surface area contributed by atoms with Gasteiger partial charge >= 0.3 is 0 Å².